The molecule has 0 saturated heterocycles. The first kappa shape index (κ1) is 72.1. The molecule has 0 bridgehead atoms. The van der Waals surface area contributed by atoms with Gasteiger partial charge >= 0.3 is 0 Å². The molecular formula is C68H135NO4. The fourth-order valence-corrected chi connectivity index (χ4v) is 11.2. The van der Waals surface area contributed by atoms with Crippen LogP contribution >= 0.6 is 0 Å². The molecule has 3 unspecified atom stereocenters. The number of aliphatic hydroxyl groups excluding tert-OH is 3. The third-order valence-electron chi connectivity index (χ3n) is 16.3. The standard InChI is InChI=1S/C68H135NO4/c1-3-5-7-9-11-13-15-17-19-21-23-25-27-29-30-31-32-33-34-35-36-38-39-41-43-45-47-49-51-53-55-57-59-61-65(71)63-68(73)69-66(64-70)67(72)62-60-58-56-54-52-50-48-46-44-42-40-37-28-26-24-22-20-18-16-14-12-10-8-6-4-2/h31-32,65-67,70-72H,3-30,33-64H2,1-2H3,(H,69,73)/b32-31-. The maximum Gasteiger partial charge on any atom is 0.222 e. The van der Waals surface area contributed by atoms with Crippen molar-refractivity contribution in [2.24, 2.45) is 0 Å². The topological polar surface area (TPSA) is 89.8 Å². The molecule has 0 saturated carbocycles. The summed E-state index contributed by atoms with van der Waals surface area (Å²) in [5, 5.41) is 33.8. The van der Waals surface area contributed by atoms with Gasteiger partial charge < -0.3 is 20.6 Å². The van der Waals surface area contributed by atoms with Gasteiger partial charge in [-0.15, -0.1) is 0 Å². The third kappa shape index (κ3) is 60.2. The van der Waals surface area contributed by atoms with Crippen LogP contribution in [0, 0.1) is 0 Å². The maximum atomic E-state index is 12.6. The van der Waals surface area contributed by atoms with Crippen LogP contribution in [0.3, 0.4) is 0 Å². The molecule has 0 aliphatic heterocycles. The van der Waals surface area contributed by atoms with Crippen molar-refractivity contribution in [3.05, 3.63) is 12.2 Å². The first-order chi connectivity index (χ1) is 36.0. The van der Waals surface area contributed by atoms with Crippen molar-refractivity contribution in [2.75, 3.05) is 6.61 Å². The Balaban J connectivity index is 3.45. The first-order valence-electron chi connectivity index (χ1n) is 34.0. The number of carbonyl (C=O) groups is 1. The van der Waals surface area contributed by atoms with Crippen LogP contribution < -0.4 is 5.32 Å². The molecule has 0 spiro atoms. The van der Waals surface area contributed by atoms with Gasteiger partial charge in [0.2, 0.25) is 5.91 Å². The zero-order chi connectivity index (χ0) is 52.9. The van der Waals surface area contributed by atoms with E-state index in [0.29, 0.717) is 12.8 Å². The van der Waals surface area contributed by atoms with E-state index in [1.54, 1.807) is 0 Å². The van der Waals surface area contributed by atoms with E-state index in [2.05, 4.69) is 31.3 Å². The zero-order valence-corrected chi connectivity index (χ0v) is 50.1. The highest BCUT2D eigenvalue weighted by atomic mass is 16.3. The van der Waals surface area contributed by atoms with Crippen molar-refractivity contribution in [3.63, 3.8) is 0 Å². The highest BCUT2D eigenvalue weighted by Gasteiger charge is 2.21. The van der Waals surface area contributed by atoms with Crippen molar-refractivity contribution < 1.29 is 20.1 Å². The van der Waals surface area contributed by atoms with E-state index in [-0.39, 0.29) is 18.9 Å². The number of unbranched alkanes of at least 4 members (excludes halogenated alkanes) is 53. The Morgan fingerprint density at radius 1 is 0.329 bits per heavy atom. The number of nitrogens with one attached hydrogen (secondary N) is 1. The molecule has 0 fully saturated rings. The Hall–Kier alpha value is -0.910. The van der Waals surface area contributed by atoms with E-state index >= 15 is 0 Å². The summed E-state index contributed by atoms with van der Waals surface area (Å²) in [4.78, 5) is 12.6. The summed E-state index contributed by atoms with van der Waals surface area (Å²) in [6.07, 6.45) is 81.4. The fourth-order valence-electron chi connectivity index (χ4n) is 11.2. The Labute approximate surface area is 459 Å². The predicted octanol–water partition coefficient (Wildman–Crippen LogP) is 21.8. The van der Waals surface area contributed by atoms with E-state index in [0.717, 1.165) is 25.7 Å². The van der Waals surface area contributed by atoms with Crippen molar-refractivity contribution in [3.8, 4) is 0 Å². The normalized spacial score (nSPS) is 13.1. The van der Waals surface area contributed by atoms with Crippen LogP contribution in [0.5, 0.6) is 0 Å². The highest BCUT2D eigenvalue weighted by molar-refractivity contribution is 5.76. The van der Waals surface area contributed by atoms with Crippen molar-refractivity contribution >= 4 is 5.91 Å². The molecule has 4 N–H and O–H groups in total. The second kappa shape index (κ2) is 63.6. The average molecular weight is 1030 g/mol. The summed E-state index contributed by atoms with van der Waals surface area (Å²) in [7, 11) is 0. The molecule has 436 valence electrons. The minimum atomic E-state index is -0.748. The van der Waals surface area contributed by atoms with E-state index < -0.39 is 18.2 Å². The predicted molar refractivity (Wildman–Crippen MR) is 324 cm³/mol. The number of allylic oxidation sites excluding steroid dienone is 2. The lowest BCUT2D eigenvalue weighted by Gasteiger charge is -2.23. The van der Waals surface area contributed by atoms with Gasteiger partial charge in [0, 0.05) is 0 Å². The molecule has 0 aliphatic rings. The van der Waals surface area contributed by atoms with Gasteiger partial charge in [-0.25, -0.2) is 0 Å². The largest absolute Gasteiger partial charge is 0.394 e. The molecule has 0 aliphatic carbocycles. The summed E-state index contributed by atoms with van der Waals surface area (Å²) in [5.41, 5.74) is 0. The molecule has 0 rings (SSSR count). The molecule has 0 aromatic heterocycles. The molecule has 73 heavy (non-hydrogen) atoms. The first-order valence-corrected chi connectivity index (χ1v) is 34.0. The van der Waals surface area contributed by atoms with Gasteiger partial charge in [-0.05, 0) is 38.5 Å². The van der Waals surface area contributed by atoms with Crippen LogP contribution in [0.4, 0.5) is 0 Å². The lowest BCUT2D eigenvalue weighted by Crippen LogP contribution is -2.46. The second-order valence-corrected chi connectivity index (χ2v) is 23.8. The number of amides is 1. The van der Waals surface area contributed by atoms with Crippen molar-refractivity contribution in [1.29, 1.82) is 0 Å². The maximum absolute atomic E-state index is 12.6. The number of hydrogen-bond acceptors (Lipinski definition) is 4. The summed E-state index contributed by atoms with van der Waals surface area (Å²) >= 11 is 0. The highest BCUT2D eigenvalue weighted by Crippen LogP contribution is 2.19. The molecule has 0 radical (unpaired) electrons. The molecule has 0 heterocycles. The summed E-state index contributed by atoms with van der Waals surface area (Å²) < 4.78 is 0. The van der Waals surface area contributed by atoms with Gasteiger partial charge in [0.15, 0.2) is 0 Å². The van der Waals surface area contributed by atoms with E-state index in [4.69, 9.17) is 0 Å². The van der Waals surface area contributed by atoms with E-state index in [1.165, 1.54) is 334 Å². The van der Waals surface area contributed by atoms with E-state index in [1.807, 2.05) is 0 Å². The van der Waals surface area contributed by atoms with Crippen LogP contribution in [0.25, 0.3) is 0 Å². The molecule has 0 aromatic rings. The van der Waals surface area contributed by atoms with Crippen LogP contribution in [-0.4, -0.2) is 46.1 Å². The van der Waals surface area contributed by atoms with Crippen molar-refractivity contribution in [2.45, 2.75) is 411 Å². The quantitative estimate of drug-likeness (QED) is 0.0361. The molecular weight excluding hydrogens is 895 g/mol. The molecule has 0 aromatic carbocycles. The van der Waals surface area contributed by atoms with Crippen molar-refractivity contribution in [1.82, 2.24) is 5.32 Å². The lowest BCUT2D eigenvalue weighted by atomic mass is 10.0. The van der Waals surface area contributed by atoms with Gasteiger partial charge in [-0.3, -0.25) is 4.79 Å². The summed E-state index contributed by atoms with van der Waals surface area (Å²) in [5.74, 6) is -0.274. The van der Waals surface area contributed by atoms with Gasteiger partial charge in [-0.1, -0.05) is 360 Å². The Bertz CT molecular complexity index is 1050. The monoisotopic (exact) mass is 1030 g/mol. The number of hydrogen-bond donors (Lipinski definition) is 4. The molecule has 5 nitrogen and oxygen atoms in total. The summed E-state index contributed by atoms with van der Waals surface area (Å²) in [6, 6.07) is -0.657. The number of rotatable bonds is 64. The Morgan fingerprint density at radius 3 is 0.795 bits per heavy atom. The lowest BCUT2D eigenvalue weighted by molar-refractivity contribution is -0.125. The van der Waals surface area contributed by atoms with Crippen LogP contribution in [-0.2, 0) is 4.79 Å². The molecule has 5 heteroatoms. The Kier molecular flexibility index (Phi) is 62.8. The third-order valence-corrected chi connectivity index (χ3v) is 16.3. The fraction of sp³-hybridized carbons (Fsp3) is 0.956. The average Bonchev–Trinajstić information content (AvgIpc) is 3.39. The van der Waals surface area contributed by atoms with Gasteiger partial charge in [0.05, 0.1) is 31.3 Å². The number of aliphatic hydroxyl groups is 3. The molecule has 3 atom stereocenters. The smallest absolute Gasteiger partial charge is 0.222 e. The SMILES string of the molecule is CCCCCCCCCCCCCCCC/C=C\CCCCCCCCCCCCCCCCCC(O)CC(=O)NC(CO)C(O)CCCCCCCCCCCCCCCCCCCCCCCCCCC. The zero-order valence-electron chi connectivity index (χ0n) is 50.1. The van der Waals surface area contributed by atoms with Gasteiger partial charge in [-0.2, -0.15) is 0 Å². The van der Waals surface area contributed by atoms with Crippen LogP contribution in [0.2, 0.25) is 0 Å². The minimum Gasteiger partial charge on any atom is -0.394 e. The van der Waals surface area contributed by atoms with E-state index in [9.17, 15) is 20.1 Å². The van der Waals surface area contributed by atoms with Gasteiger partial charge in [0.25, 0.3) is 0 Å². The molecule has 1 amide bonds. The summed E-state index contributed by atoms with van der Waals surface area (Å²) in [6.45, 7) is 4.32. The van der Waals surface area contributed by atoms with Crippen LogP contribution in [0.15, 0.2) is 12.2 Å². The second-order valence-electron chi connectivity index (χ2n) is 23.8. The van der Waals surface area contributed by atoms with Crippen LogP contribution in [0.1, 0.15) is 393 Å². The van der Waals surface area contributed by atoms with Gasteiger partial charge in [0.1, 0.15) is 0 Å². The minimum absolute atomic E-state index is 0.0416. The number of carbonyl (C=O) groups excluding carboxylic acids is 1. The Morgan fingerprint density at radius 2 is 0.548 bits per heavy atom.